The maximum atomic E-state index is 12.7. The minimum Gasteiger partial charge on any atom is -0.319 e. The van der Waals surface area contributed by atoms with Crippen LogP contribution in [0, 0.1) is 11.6 Å². The van der Waals surface area contributed by atoms with Crippen molar-refractivity contribution in [1.29, 1.82) is 0 Å². The van der Waals surface area contributed by atoms with Crippen molar-refractivity contribution in [2.24, 2.45) is 0 Å². The average Bonchev–Trinajstić information content (AvgIpc) is 2.18. The predicted molar refractivity (Wildman–Crippen MR) is 51.6 cm³/mol. The number of rotatable bonds is 4. The van der Waals surface area contributed by atoms with Gasteiger partial charge in [-0.2, -0.15) is 0 Å². The fraction of sp³-hybridized carbons (Fsp3) is 0.333. The van der Waals surface area contributed by atoms with Gasteiger partial charge in [-0.1, -0.05) is 0 Å². The van der Waals surface area contributed by atoms with Gasteiger partial charge in [0.1, 0.15) is 0 Å². The van der Waals surface area contributed by atoms with Crippen molar-refractivity contribution in [2.75, 3.05) is 19.3 Å². The largest absolute Gasteiger partial charge is 0.319 e. The van der Waals surface area contributed by atoms with Gasteiger partial charge in [0.2, 0.25) is 0 Å². The number of nitrogens with one attached hydrogen (secondary N) is 1. The van der Waals surface area contributed by atoms with Gasteiger partial charge in [0.05, 0.1) is 10.8 Å². The first-order chi connectivity index (χ1) is 6.65. The van der Waals surface area contributed by atoms with E-state index in [1.54, 1.807) is 7.05 Å². The molecule has 0 radical (unpaired) electrons. The van der Waals surface area contributed by atoms with Crippen LogP contribution in [0.4, 0.5) is 8.78 Å². The van der Waals surface area contributed by atoms with E-state index in [2.05, 4.69) is 5.32 Å². The molecule has 0 aliphatic carbocycles. The summed E-state index contributed by atoms with van der Waals surface area (Å²) in [5.74, 6) is -1.48. The molecule has 1 aromatic rings. The Bertz CT molecular complexity index is 344. The highest BCUT2D eigenvalue weighted by Gasteiger charge is 2.07. The van der Waals surface area contributed by atoms with E-state index in [4.69, 9.17) is 0 Å². The van der Waals surface area contributed by atoms with Gasteiger partial charge in [-0.15, -0.1) is 0 Å². The summed E-state index contributed by atoms with van der Waals surface area (Å²) in [7, 11) is 0.468. The Labute approximate surface area is 83.8 Å². The molecule has 0 aromatic heterocycles. The average molecular weight is 219 g/mol. The standard InChI is InChI=1S/C9H11F2NOS/c1-12-4-5-14(13)7-2-3-8(10)9(11)6-7/h2-3,6,12H,4-5H2,1H3. The van der Waals surface area contributed by atoms with Crippen LogP contribution < -0.4 is 5.32 Å². The van der Waals surface area contributed by atoms with Gasteiger partial charge < -0.3 is 5.32 Å². The SMILES string of the molecule is CNCCS(=O)c1ccc(F)c(F)c1. The van der Waals surface area contributed by atoms with Crippen LogP contribution in [0.3, 0.4) is 0 Å². The van der Waals surface area contributed by atoms with Crippen molar-refractivity contribution in [1.82, 2.24) is 5.32 Å². The van der Waals surface area contributed by atoms with Gasteiger partial charge in [0, 0.05) is 17.2 Å². The highest BCUT2D eigenvalue weighted by Crippen LogP contribution is 2.12. The number of hydrogen-bond donors (Lipinski definition) is 1. The Morgan fingerprint density at radius 1 is 1.36 bits per heavy atom. The van der Waals surface area contributed by atoms with E-state index in [1.165, 1.54) is 6.07 Å². The molecule has 0 heterocycles. The monoisotopic (exact) mass is 219 g/mol. The van der Waals surface area contributed by atoms with Crippen LogP contribution in [0.1, 0.15) is 0 Å². The second kappa shape index (κ2) is 5.17. The quantitative estimate of drug-likeness (QED) is 0.826. The van der Waals surface area contributed by atoms with E-state index in [1.807, 2.05) is 0 Å². The molecule has 0 amide bonds. The summed E-state index contributed by atoms with van der Waals surface area (Å²) < 4.78 is 36.7. The van der Waals surface area contributed by atoms with E-state index in [0.29, 0.717) is 17.2 Å². The maximum Gasteiger partial charge on any atom is 0.160 e. The van der Waals surface area contributed by atoms with Crippen molar-refractivity contribution < 1.29 is 13.0 Å². The van der Waals surface area contributed by atoms with Crippen molar-refractivity contribution in [3.05, 3.63) is 29.8 Å². The minimum atomic E-state index is -1.27. The highest BCUT2D eigenvalue weighted by molar-refractivity contribution is 7.85. The van der Waals surface area contributed by atoms with Gasteiger partial charge in [0.15, 0.2) is 11.6 Å². The van der Waals surface area contributed by atoms with Crippen LogP contribution in [0.15, 0.2) is 23.1 Å². The molecule has 0 bridgehead atoms. The van der Waals surface area contributed by atoms with Gasteiger partial charge in [-0.05, 0) is 25.2 Å². The lowest BCUT2D eigenvalue weighted by Crippen LogP contribution is -2.15. The molecule has 1 aromatic carbocycles. The Morgan fingerprint density at radius 2 is 2.07 bits per heavy atom. The third-order valence-electron chi connectivity index (χ3n) is 1.69. The van der Waals surface area contributed by atoms with Crippen LogP contribution in [-0.4, -0.2) is 23.6 Å². The third kappa shape index (κ3) is 2.85. The summed E-state index contributed by atoms with van der Waals surface area (Å²) in [6.45, 7) is 0.575. The van der Waals surface area contributed by atoms with Crippen molar-refractivity contribution in [3.63, 3.8) is 0 Å². The zero-order valence-electron chi connectivity index (χ0n) is 7.72. The van der Waals surface area contributed by atoms with Crippen molar-refractivity contribution in [2.45, 2.75) is 4.90 Å². The molecule has 5 heteroatoms. The second-order valence-corrected chi connectivity index (χ2v) is 4.30. The highest BCUT2D eigenvalue weighted by atomic mass is 32.2. The molecule has 0 fully saturated rings. The van der Waals surface area contributed by atoms with Crippen LogP contribution in [0.2, 0.25) is 0 Å². The van der Waals surface area contributed by atoms with E-state index in [-0.39, 0.29) is 0 Å². The molecule has 1 atom stereocenters. The molecule has 0 aliphatic heterocycles. The number of hydrogen-bond acceptors (Lipinski definition) is 2. The Balaban J connectivity index is 2.76. The van der Waals surface area contributed by atoms with Crippen LogP contribution in [0.5, 0.6) is 0 Å². The molecule has 0 aliphatic rings. The Hall–Kier alpha value is -0.810. The van der Waals surface area contributed by atoms with Crippen molar-refractivity contribution in [3.8, 4) is 0 Å². The second-order valence-electron chi connectivity index (χ2n) is 2.73. The van der Waals surface area contributed by atoms with Crippen LogP contribution >= 0.6 is 0 Å². The zero-order chi connectivity index (χ0) is 10.6. The molecule has 2 nitrogen and oxygen atoms in total. The van der Waals surface area contributed by atoms with Gasteiger partial charge in [-0.3, -0.25) is 4.21 Å². The van der Waals surface area contributed by atoms with Gasteiger partial charge in [0.25, 0.3) is 0 Å². The Kier molecular flexibility index (Phi) is 4.16. The number of halogens is 2. The summed E-state index contributed by atoms with van der Waals surface area (Å²) >= 11 is 0. The molecule has 0 spiro atoms. The zero-order valence-corrected chi connectivity index (χ0v) is 8.54. The summed E-state index contributed by atoms with van der Waals surface area (Å²) in [5.41, 5.74) is 0. The van der Waals surface area contributed by atoms with E-state index in [0.717, 1.165) is 12.1 Å². The fourth-order valence-corrected chi connectivity index (χ4v) is 2.01. The maximum absolute atomic E-state index is 12.7. The summed E-state index contributed by atoms with van der Waals surface area (Å²) in [4.78, 5) is 0.319. The van der Waals surface area contributed by atoms with Gasteiger partial charge >= 0.3 is 0 Å². The molecule has 1 N–H and O–H groups in total. The normalized spacial score (nSPS) is 12.8. The smallest absolute Gasteiger partial charge is 0.160 e. The summed E-state index contributed by atoms with van der Waals surface area (Å²) in [5, 5.41) is 2.83. The molecule has 14 heavy (non-hydrogen) atoms. The molecule has 78 valence electrons. The fourth-order valence-electron chi connectivity index (χ4n) is 0.931. The minimum absolute atomic E-state index is 0.319. The van der Waals surface area contributed by atoms with E-state index >= 15 is 0 Å². The first-order valence-electron chi connectivity index (χ1n) is 4.13. The van der Waals surface area contributed by atoms with Crippen LogP contribution in [0.25, 0.3) is 0 Å². The summed E-state index contributed by atoms with van der Waals surface area (Å²) in [6.07, 6.45) is 0. The van der Waals surface area contributed by atoms with Gasteiger partial charge in [-0.25, -0.2) is 8.78 Å². The summed E-state index contributed by atoms with van der Waals surface area (Å²) in [6, 6.07) is 3.30. The molecular weight excluding hydrogens is 208 g/mol. The topological polar surface area (TPSA) is 29.1 Å². The first-order valence-corrected chi connectivity index (χ1v) is 5.45. The van der Waals surface area contributed by atoms with E-state index in [9.17, 15) is 13.0 Å². The third-order valence-corrected chi connectivity index (χ3v) is 3.05. The lowest BCUT2D eigenvalue weighted by atomic mass is 10.3. The lowest BCUT2D eigenvalue weighted by Gasteiger charge is -2.02. The predicted octanol–water partition coefficient (Wildman–Crippen LogP) is 1.29. The van der Waals surface area contributed by atoms with Crippen molar-refractivity contribution >= 4 is 10.8 Å². The molecular formula is C9H11F2NOS. The number of benzene rings is 1. The lowest BCUT2D eigenvalue weighted by molar-refractivity contribution is 0.505. The molecule has 1 rings (SSSR count). The Morgan fingerprint density at radius 3 is 2.64 bits per heavy atom. The van der Waals surface area contributed by atoms with E-state index < -0.39 is 22.4 Å². The molecule has 0 saturated carbocycles. The van der Waals surface area contributed by atoms with Crippen LogP contribution in [-0.2, 0) is 10.8 Å². The molecule has 1 unspecified atom stereocenters. The molecule has 0 saturated heterocycles. The first kappa shape index (κ1) is 11.3.